The minimum atomic E-state index is -4.46. The van der Waals surface area contributed by atoms with Crippen LogP contribution in [0.3, 0.4) is 0 Å². The second-order valence-corrected chi connectivity index (χ2v) is 5.05. The highest BCUT2D eigenvalue weighted by atomic mass is 32.1. The van der Waals surface area contributed by atoms with Gasteiger partial charge in [-0.25, -0.2) is 0 Å². The van der Waals surface area contributed by atoms with E-state index in [0.29, 0.717) is 11.7 Å². The topological polar surface area (TPSA) is 55.0 Å². The SMILES string of the molecule is NCCCC1CCCN1c1nc(C(F)(F)F)ns1. The lowest BCUT2D eigenvalue weighted by molar-refractivity contribution is -0.144. The van der Waals surface area contributed by atoms with Crippen molar-refractivity contribution in [3.63, 3.8) is 0 Å². The minimum Gasteiger partial charge on any atom is -0.344 e. The maximum absolute atomic E-state index is 12.4. The third-order valence-electron chi connectivity index (χ3n) is 3.03. The number of alkyl halides is 3. The Bertz CT molecular complexity index is 393. The van der Waals surface area contributed by atoms with Crippen molar-refractivity contribution in [2.45, 2.75) is 37.9 Å². The molecule has 4 nitrogen and oxygen atoms in total. The monoisotopic (exact) mass is 280 g/mol. The van der Waals surface area contributed by atoms with Gasteiger partial charge in [-0.15, -0.1) is 0 Å². The second-order valence-electron chi connectivity index (χ2n) is 4.32. The quantitative estimate of drug-likeness (QED) is 0.919. The summed E-state index contributed by atoms with van der Waals surface area (Å²) in [6, 6.07) is 0.252. The highest BCUT2D eigenvalue weighted by Crippen LogP contribution is 2.33. The van der Waals surface area contributed by atoms with E-state index in [9.17, 15) is 13.2 Å². The standard InChI is InChI=1S/C10H15F3N4S/c11-10(12,13)8-15-9(18-16-8)17-6-2-4-7(17)3-1-5-14/h7H,1-6,14H2. The molecule has 102 valence electrons. The summed E-state index contributed by atoms with van der Waals surface area (Å²) >= 11 is 0.824. The van der Waals surface area contributed by atoms with Gasteiger partial charge in [-0.3, -0.25) is 0 Å². The first-order valence-electron chi connectivity index (χ1n) is 5.90. The van der Waals surface area contributed by atoms with Gasteiger partial charge in [-0.2, -0.15) is 22.5 Å². The van der Waals surface area contributed by atoms with Gasteiger partial charge in [-0.05, 0) is 32.2 Å². The van der Waals surface area contributed by atoms with Crippen LogP contribution in [0.15, 0.2) is 0 Å². The second kappa shape index (κ2) is 5.40. The third kappa shape index (κ3) is 2.92. The number of nitrogens with two attached hydrogens (primary N) is 1. The molecule has 1 atom stereocenters. The molecular weight excluding hydrogens is 265 g/mol. The molecule has 1 aliphatic rings. The van der Waals surface area contributed by atoms with Crippen LogP contribution in [0, 0.1) is 0 Å². The summed E-state index contributed by atoms with van der Waals surface area (Å²) < 4.78 is 40.7. The summed E-state index contributed by atoms with van der Waals surface area (Å²) in [5, 5.41) is 0.377. The fraction of sp³-hybridized carbons (Fsp3) is 0.800. The maximum Gasteiger partial charge on any atom is 0.452 e. The summed E-state index contributed by atoms with van der Waals surface area (Å²) in [5.41, 5.74) is 5.46. The first-order valence-corrected chi connectivity index (χ1v) is 6.67. The number of aromatic nitrogens is 2. The average molecular weight is 280 g/mol. The molecule has 2 heterocycles. The maximum atomic E-state index is 12.4. The number of halogens is 3. The van der Waals surface area contributed by atoms with Crippen molar-refractivity contribution in [1.29, 1.82) is 0 Å². The molecule has 0 aromatic carbocycles. The highest BCUT2D eigenvalue weighted by molar-refractivity contribution is 7.09. The molecule has 1 aromatic heterocycles. The van der Waals surface area contributed by atoms with Crippen LogP contribution >= 0.6 is 11.5 Å². The van der Waals surface area contributed by atoms with Gasteiger partial charge in [0.15, 0.2) is 0 Å². The predicted octanol–water partition coefficient (Wildman–Crippen LogP) is 2.26. The molecular formula is C10H15F3N4S. The van der Waals surface area contributed by atoms with E-state index in [1.54, 1.807) is 0 Å². The van der Waals surface area contributed by atoms with E-state index >= 15 is 0 Å². The van der Waals surface area contributed by atoms with Crippen molar-refractivity contribution < 1.29 is 13.2 Å². The first kappa shape index (κ1) is 13.5. The molecule has 2 N–H and O–H groups in total. The van der Waals surface area contributed by atoms with Gasteiger partial charge in [0.1, 0.15) is 0 Å². The third-order valence-corrected chi connectivity index (χ3v) is 3.79. The van der Waals surface area contributed by atoms with Crippen molar-refractivity contribution in [2.24, 2.45) is 5.73 Å². The summed E-state index contributed by atoms with van der Waals surface area (Å²) in [6.45, 7) is 1.36. The first-order chi connectivity index (χ1) is 8.52. The lowest BCUT2D eigenvalue weighted by Gasteiger charge is -2.23. The largest absolute Gasteiger partial charge is 0.452 e. The van der Waals surface area contributed by atoms with Gasteiger partial charge < -0.3 is 10.6 Å². The Kier molecular flexibility index (Phi) is 4.06. The molecule has 0 saturated carbocycles. The van der Waals surface area contributed by atoms with E-state index < -0.39 is 12.0 Å². The fourth-order valence-corrected chi connectivity index (χ4v) is 2.97. The smallest absolute Gasteiger partial charge is 0.344 e. The van der Waals surface area contributed by atoms with E-state index in [1.807, 2.05) is 4.90 Å². The molecule has 1 fully saturated rings. The number of hydrogen-bond donors (Lipinski definition) is 1. The fourth-order valence-electron chi connectivity index (χ4n) is 2.19. The van der Waals surface area contributed by atoms with Gasteiger partial charge in [0, 0.05) is 24.1 Å². The number of anilines is 1. The van der Waals surface area contributed by atoms with Gasteiger partial charge >= 0.3 is 6.18 Å². The van der Waals surface area contributed by atoms with Crippen LogP contribution in [-0.4, -0.2) is 28.5 Å². The van der Waals surface area contributed by atoms with Gasteiger partial charge in [0.05, 0.1) is 0 Å². The summed E-state index contributed by atoms with van der Waals surface area (Å²) in [4.78, 5) is 5.53. The highest BCUT2D eigenvalue weighted by Gasteiger charge is 2.37. The summed E-state index contributed by atoms with van der Waals surface area (Å²) in [6.07, 6.45) is -0.706. The zero-order valence-electron chi connectivity index (χ0n) is 9.78. The zero-order chi connectivity index (χ0) is 13.2. The van der Waals surface area contributed by atoms with E-state index in [1.165, 1.54) is 0 Å². The molecule has 8 heteroatoms. The van der Waals surface area contributed by atoms with Crippen molar-refractivity contribution in [1.82, 2.24) is 9.36 Å². The predicted molar refractivity (Wildman–Crippen MR) is 63.6 cm³/mol. The van der Waals surface area contributed by atoms with Crippen molar-refractivity contribution in [2.75, 3.05) is 18.0 Å². The minimum absolute atomic E-state index is 0.252. The van der Waals surface area contributed by atoms with Crippen LogP contribution in [0.1, 0.15) is 31.5 Å². The molecule has 1 unspecified atom stereocenters. The molecule has 1 aliphatic heterocycles. The van der Waals surface area contributed by atoms with E-state index in [4.69, 9.17) is 5.73 Å². The van der Waals surface area contributed by atoms with Crippen LogP contribution in [-0.2, 0) is 6.18 Å². The van der Waals surface area contributed by atoms with Crippen LogP contribution in [0.4, 0.5) is 18.3 Å². The summed E-state index contributed by atoms with van der Waals surface area (Å²) in [7, 11) is 0. The summed E-state index contributed by atoms with van der Waals surface area (Å²) in [5.74, 6) is -1.04. The lowest BCUT2D eigenvalue weighted by atomic mass is 10.1. The lowest BCUT2D eigenvalue weighted by Crippen LogP contribution is -2.29. The Labute approximate surface area is 107 Å². The number of hydrogen-bond acceptors (Lipinski definition) is 5. The van der Waals surface area contributed by atoms with Gasteiger partial charge in [0.2, 0.25) is 11.0 Å². The molecule has 2 rings (SSSR count). The Hall–Kier alpha value is -0.890. The van der Waals surface area contributed by atoms with Crippen LogP contribution in [0.5, 0.6) is 0 Å². The normalized spacial score (nSPS) is 20.7. The van der Waals surface area contributed by atoms with Crippen molar-refractivity contribution in [3.8, 4) is 0 Å². The molecule has 0 amide bonds. The Morgan fingerprint density at radius 3 is 2.83 bits per heavy atom. The van der Waals surface area contributed by atoms with E-state index in [2.05, 4.69) is 9.36 Å². The van der Waals surface area contributed by atoms with Crippen LogP contribution in [0.2, 0.25) is 0 Å². The van der Waals surface area contributed by atoms with Gasteiger partial charge in [0.25, 0.3) is 0 Å². The van der Waals surface area contributed by atoms with Gasteiger partial charge in [-0.1, -0.05) is 0 Å². The Morgan fingerprint density at radius 1 is 1.44 bits per heavy atom. The van der Waals surface area contributed by atoms with Crippen LogP contribution < -0.4 is 10.6 Å². The molecule has 0 radical (unpaired) electrons. The Morgan fingerprint density at radius 2 is 2.22 bits per heavy atom. The molecule has 1 aromatic rings. The van der Waals surface area contributed by atoms with E-state index in [0.717, 1.165) is 43.8 Å². The average Bonchev–Trinajstić information content (AvgIpc) is 2.93. The zero-order valence-corrected chi connectivity index (χ0v) is 10.6. The molecule has 18 heavy (non-hydrogen) atoms. The Balaban J connectivity index is 2.08. The number of rotatable bonds is 4. The molecule has 0 aliphatic carbocycles. The van der Waals surface area contributed by atoms with Crippen molar-refractivity contribution in [3.05, 3.63) is 5.82 Å². The van der Waals surface area contributed by atoms with Crippen molar-refractivity contribution >= 4 is 16.7 Å². The molecule has 0 bridgehead atoms. The molecule has 0 spiro atoms. The van der Waals surface area contributed by atoms with E-state index in [-0.39, 0.29) is 6.04 Å². The number of nitrogens with zero attached hydrogens (tertiary/aromatic N) is 3. The molecule has 1 saturated heterocycles. The van der Waals surface area contributed by atoms with Crippen LogP contribution in [0.25, 0.3) is 0 Å².